The maximum Gasteiger partial charge on any atom is 0.0806 e. The first-order valence-corrected chi connectivity index (χ1v) is 12.0. The summed E-state index contributed by atoms with van der Waals surface area (Å²) in [7, 11) is 12.6. The first-order chi connectivity index (χ1) is 15.8. The van der Waals surface area contributed by atoms with Crippen LogP contribution < -0.4 is 5.32 Å². The Morgan fingerprint density at radius 3 is 1.70 bits per heavy atom. The lowest BCUT2D eigenvalue weighted by Crippen LogP contribution is -2.82. The molecule has 6 nitrogen and oxygen atoms in total. The molecule has 194 valence electrons. The molecule has 0 radical (unpaired) electrons. The predicted molar refractivity (Wildman–Crippen MR) is 136 cm³/mol. The van der Waals surface area contributed by atoms with Crippen molar-refractivity contribution in [2.75, 3.05) is 35.5 Å². The Morgan fingerprint density at radius 1 is 0.788 bits per heavy atom. The van der Waals surface area contributed by atoms with Gasteiger partial charge in [-0.3, -0.25) is 0 Å². The van der Waals surface area contributed by atoms with Gasteiger partial charge < -0.3 is 29.0 Å². The lowest BCUT2D eigenvalue weighted by atomic mass is 9.95. The lowest BCUT2D eigenvalue weighted by molar-refractivity contribution is -0.629. The Hall–Kier alpha value is -1.02. The van der Waals surface area contributed by atoms with Gasteiger partial charge >= 0.3 is 0 Å². The number of methoxy groups -OCH3 is 5. The fourth-order valence-electron chi connectivity index (χ4n) is 3.91. The highest BCUT2D eigenvalue weighted by Gasteiger charge is 2.25. The molecule has 0 aromatic carbocycles. The third-order valence-corrected chi connectivity index (χ3v) is 6.28. The summed E-state index contributed by atoms with van der Waals surface area (Å²) in [6.45, 7) is 10.2. The van der Waals surface area contributed by atoms with E-state index in [4.69, 9.17) is 23.7 Å². The van der Waals surface area contributed by atoms with E-state index in [0.717, 1.165) is 38.5 Å². The Labute approximate surface area is 203 Å². The highest BCUT2D eigenvalue weighted by molar-refractivity contribution is 5.23. The second-order valence-corrected chi connectivity index (χ2v) is 8.91. The SMILES string of the molecule is C=CC[C@@H](C[C@@H](C[C@@H](C[C@@H](C[C@H](OC)/C(C)=C/C(C)=C/C[C@H](C)[NH2+][CH2-])OC)OC)OC)OC. The minimum absolute atomic E-state index is 0.0113. The van der Waals surface area contributed by atoms with E-state index in [-0.39, 0.29) is 30.5 Å². The zero-order valence-corrected chi connectivity index (χ0v) is 22.5. The van der Waals surface area contributed by atoms with Crippen LogP contribution in [-0.2, 0) is 23.7 Å². The van der Waals surface area contributed by atoms with Crippen molar-refractivity contribution < 1.29 is 29.0 Å². The van der Waals surface area contributed by atoms with E-state index in [1.165, 1.54) is 11.1 Å². The summed E-state index contributed by atoms with van der Waals surface area (Å²) in [5.41, 5.74) is 2.43. The summed E-state index contributed by atoms with van der Waals surface area (Å²) in [5, 5.41) is 1.98. The van der Waals surface area contributed by atoms with Crippen LogP contribution >= 0.6 is 0 Å². The standard InChI is InChI=1S/C27H51NO5/c1-11-12-23(29-6)16-24(30-7)17-25(31-8)18-26(32-9)19-27(33-10)21(3)15-20(2)13-14-22(4)28-5/h11,13,15,22-27H,1,5,12,14,16-19,28H2,2-4,6-10H3/b20-13+,21-15+/t22-,23-,24-,25-,26-,27-/m0/s1. The molecule has 2 N–H and O–H groups in total. The molecule has 0 rings (SSSR count). The van der Waals surface area contributed by atoms with E-state index < -0.39 is 0 Å². The van der Waals surface area contributed by atoms with Crippen molar-refractivity contribution in [3.63, 3.8) is 0 Å². The van der Waals surface area contributed by atoms with Crippen molar-refractivity contribution in [2.45, 2.75) is 95.9 Å². The van der Waals surface area contributed by atoms with Gasteiger partial charge in [0.1, 0.15) is 0 Å². The van der Waals surface area contributed by atoms with Crippen LogP contribution in [0.25, 0.3) is 0 Å². The third kappa shape index (κ3) is 14.1. The lowest BCUT2D eigenvalue weighted by Gasteiger charge is -2.28. The molecule has 0 bridgehead atoms. The quantitative estimate of drug-likeness (QED) is 0.164. The number of hydrogen-bond donors (Lipinski definition) is 1. The highest BCUT2D eigenvalue weighted by Crippen LogP contribution is 2.23. The molecular formula is C27H51NO5. The first-order valence-electron chi connectivity index (χ1n) is 12.0. The number of ether oxygens (including phenoxy) is 5. The Kier molecular flexibility index (Phi) is 18.7. The van der Waals surface area contributed by atoms with Gasteiger partial charge in [0.15, 0.2) is 0 Å². The van der Waals surface area contributed by atoms with E-state index >= 15 is 0 Å². The molecular weight excluding hydrogens is 418 g/mol. The van der Waals surface area contributed by atoms with E-state index in [9.17, 15) is 0 Å². The van der Waals surface area contributed by atoms with Gasteiger partial charge in [-0.15, -0.1) is 6.58 Å². The van der Waals surface area contributed by atoms with Gasteiger partial charge in [-0.25, -0.2) is 0 Å². The summed E-state index contributed by atoms with van der Waals surface area (Å²) in [6, 6.07) is 0.475. The molecule has 0 aliphatic carbocycles. The topological polar surface area (TPSA) is 62.8 Å². The van der Waals surface area contributed by atoms with Crippen LogP contribution in [0.4, 0.5) is 0 Å². The van der Waals surface area contributed by atoms with Crippen molar-refractivity contribution >= 4 is 0 Å². The molecule has 0 amide bonds. The van der Waals surface area contributed by atoms with Crippen molar-refractivity contribution in [1.29, 1.82) is 0 Å². The van der Waals surface area contributed by atoms with Gasteiger partial charge in [0, 0.05) is 54.8 Å². The first kappa shape index (κ1) is 32.0. The van der Waals surface area contributed by atoms with Gasteiger partial charge in [0.05, 0.1) is 36.6 Å². The van der Waals surface area contributed by atoms with E-state index in [2.05, 4.69) is 46.5 Å². The van der Waals surface area contributed by atoms with Crippen LogP contribution in [0.2, 0.25) is 0 Å². The highest BCUT2D eigenvalue weighted by atomic mass is 16.5. The zero-order chi connectivity index (χ0) is 25.2. The van der Waals surface area contributed by atoms with Crippen LogP contribution in [0, 0.1) is 7.05 Å². The van der Waals surface area contributed by atoms with Crippen molar-refractivity contribution in [3.05, 3.63) is 43.0 Å². The molecule has 0 spiro atoms. The summed E-state index contributed by atoms with van der Waals surface area (Å²) < 4.78 is 28.7. The number of allylic oxidation sites excluding steroid dienone is 2. The van der Waals surface area contributed by atoms with Crippen LogP contribution in [-0.4, -0.2) is 72.1 Å². The van der Waals surface area contributed by atoms with Crippen molar-refractivity contribution in [2.24, 2.45) is 0 Å². The van der Waals surface area contributed by atoms with Crippen molar-refractivity contribution in [3.8, 4) is 0 Å². The smallest absolute Gasteiger partial charge is 0.0806 e. The van der Waals surface area contributed by atoms with Crippen LogP contribution in [0.3, 0.4) is 0 Å². The average molecular weight is 470 g/mol. The molecule has 0 aliphatic heterocycles. The maximum atomic E-state index is 5.83. The molecule has 0 saturated carbocycles. The zero-order valence-electron chi connectivity index (χ0n) is 22.5. The summed E-state index contributed by atoms with van der Waals surface area (Å²) in [6.07, 6.45) is 11.4. The fraction of sp³-hybridized carbons (Fsp3) is 0.741. The van der Waals surface area contributed by atoms with E-state index in [1.54, 1.807) is 35.5 Å². The molecule has 0 heterocycles. The molecule has 0 fully saturated rings. The summed E-state index contributed by atoms with van der Waals surface area (Å²) in [4.78, 5) is 0. The van der Waals surface area contributed by atoms with Gasteiger partial charge in [0.25, 0.3) is 0 Å². The van der Waals surface area contributed by atoms with Crippen LogP contribution in [0.5, 0.6) is 0 Å². The molecule has 6 heteroatoms. The normalized spacial score (nSPS) is 18.5. The van der Waals surface area contributed by atoms with Crippen LogP contribution in [0.1, 0.15) is 59.3 Å². The average Bonchev–Trinajstić information content (AvgIpc) is 2.82. The molecule has 0 saturated heterocycles. The maximum absolute atomic E-state index is 5.83. The Balaban J connectivity index is 5.08. The summed E-state index contributed by atoms with van der Waals surface area (Å²) in [5.74, 6) is 0. The van der Waals surface area contributed by atoms with Crippen molar-refractivity contribution in [1.82, 2.24) is 0 Å². The number of rotatable bonds is 20. The number of hydrogen-bond acceptors (Lipinski definition) is 5. The largest absolute Gasteiger partial charge is 0.476 e. The second-order valence-electron chi connectivity index (χ2n) is 8.91. The molecule has 0 aromatic rings. The van der Waals surface area contributed by atoms with Crippen LogP contribution in [0.15, 0.2) is 36.0 Å². The third-order valence-electron chi connectivity index (χ3n) is 6.28. The predicted octanol–water partition coefficient (Wildman–Crippen LogP) is 4.22. The minimum atomic E-state index is -0.0173. The molecule has 0 aliphatic rings. The fourth-order valence-corrected chi connectivity index (χ4v) is 3.91. The number of quaternary nitrogens is 1. The van der Waals surface area contributed by atoms with Gasteiger partial charge in [-0.2, -0.15) is 7.05 Å². The van der Waals surface area contributed by atoms with Gasteiger partial charge in [-0.1, -0.05) is 23.8 Å². The molecule has 6 atom stereocenters. The van der Waals surface area contributed by atoms with Gasteiger partial charge in [-0.05, 0) is 45.6 Å². The minimum Gasteiger partial charge on any atom is -0.476 e. The molecule has 0 aromatic heterocycles. The number of nitrogens with two attached hydrogens (primary N) is 1. The Morgan fingerprint density at radius 2 is 1.27 bits per heavy atom. The summed E-state index contributed by atoms with van der Waals surface area (Å²) >= 11 is 0. The van der Waals surface area contributed by atoms with E-state index in [0.29, 0.717) is 6.04 Å². The van der Waals surface area contributed by atoms with Gasteiger partial charge in [0.2, 0.25) is 0 Å². The second kappa shape index (κ2) is 19.3. The monoisotopic (exact) mass is 469 g/mol. The molecule has 0 unspecified atom stereocenters. The van der Waals surface area contributed by atoms with E-state index in [1.807, 2.05) is 11.4 Å². The molecule has 33 heavy (non-hydrogen) atoms. The Bertz CT molecular complexity index is 563.